The average molecular weight is 304 g/mol. The summed E-state index contributed by atoms with van der Waals surface area (Å²) < 4.78 is 0. The van der Waals surface area contributed by atoms with Crippen LogP contribution in [0.2, 0.25) is 0 Å². The Balaban J connectivity index is 2.12. The number of aliphatic hydroxyl groups is 1. The number of nitrogens with one attached hydrogen (secondary N) is 1. The second-order valence-electron chi connectivity index (χ2n) is 5.24. The minimum absolute atomic E-state index is 0.0581. The number of rotatable bonds is 6. The highest BCUT2D eigenvalue weighted by atomic mass is 32.1. The summed E-state index contributed by atoms with van der Waals surface area (Å²) in [4.78, 5) is 17.2. The normalized spacial score (nSPS) is 13.7. The van der Waals surface area contributed by atoms with Gasteiger partial charge in [0.05, 0.1) is 6.20 Å². The maximum atomic E-state index is 12.3. The number of benzene rings is 1. The molecule has 1 amide bonds. The van der Waals surface area contributed by atoms with Gasteiger partial charge in [-0.05, 0) is 19.8 Å². The Morgan fingerprint density at radius 3 is 2.71 bits per heavy atom. The van der Waals surface area contributed by atoms with E-state index in [1.54, 1.807) is 6.20 Å². The van der Waals surface area contributed by atoms with Crippen molar-refractivity contribution in [2.75, 3.05) is 6.61 Å². The molecule has 0 aliphatic rings. The van der Waals surface area contributed by atoms with Crippen LogP contribution in [0.5, 0.6) is 0 Å². The van der Waals surface area contributed by atoms with Gasteiger partial charge >= 0.3 is 0 Å². The first-order chi connectivity index (χ1) is 10.1. The number of thiazole rings is 1. The van der Waals surface area contributed by atoms with Crippen LogP contribution in [-0.4, -0.2) is 28.1 Å². The first-order valence-electron chi connectivity index (χ1n) is 7.02. The summed E-state index contributed by atoms with van der Waals surface area (Å²) in [5.74, 6) is -0.132. The maximum absolute atomic E-state index is 12.3. The number of nitrogens with zero attached hydrogens (tertiary/aromatic N) is 1. The maximum Gasteiger partial charge on any atom is 0.263 e. The second-order valence-corrected chi connectivity index (χ2v) is 6.27. The molecule has 0 bridgehead atoms. The van der Waals surface area contributed by atoms with Gasteiger partial charge < -0.3 is 10.4 Å². The molecule has 4 nitrogen and oxygen atoms in total. The second kappa shape index (κ2) is 6.83. The fourth-order valence-corrected chi connectivity index (χ4v) is 2.82. The molecule has 0 spiro atoms. The van der Waals surface area contributed by atoms with Gasteiger partial charge in [0, 0.05) is 17.7 Å². The Bertz CT molecular complexity index is 597. The molecule has 2 aromatic rings. The van der Waals surface area contributed by atoms with Gasteiger partial charge in [0.1, 0.15) is 9.88 Å². The van der Waals surface area contributed by atoms with E-state index in [2.05, 4.69) is 10.3 Å². The number of aromatic nitrogens is 1. The van der Waals surface area contributed by atoms with Crippen LogP contribution in [0.4, 0.5) is 0 Å². The molecule has 1 aromatic heterocycles. The van der Waals surface area contributed by atoms with E-state index in [4.69, 9.17) is 5.11 Å². The van der Waals surface area contributed by atoms with E-state index in [9.17, 15) is 4.79 Å². The molecule has 2 N–H and O–H groups in total. The lowest BCUT2D eigenvalue weighted by Gasteiger charge is -2.28. The number of amides is 1. The van der Waals surface area contributed by atoms with Crippen molar-refractivity contribution in [3.8, 4) is 10.6 Å². The van der Waals surface area contributed by atoms with E-state index in [1.165, 1.54) is 11.3 Å². The molecule has 0 saturated carbocycles. The first-order valence-corrected chi connectivity index (χ1v) is 7.84. The molecule has 1 heterocycles. The summed E-state index contributed by atoms with van der Waals surface area (Å²) in [6.45, 7) is 4.00. The lowest BCUT2D eigenvalue weighted by Crippen LogP contribution is -2.45. The number of hydrogen-bond acceptors (Lipinski definition) is 4. The quantitative estimate of drug-likeness (QED) is 0.862. The Labute approximate surface area is 128 Å². The van der Waals surface area contributed by atoms with E-state index in [-0.39, 0.29) is 18.1 Å². The molecule has 0 aliphatic heterocycles. The standard InChI is InChI=1S/C16H20N2O2S/c1-3-16(2,9-10-19)18-14(20)13-11-17-15(21-13)12-7-5-4-6-8-12/h4-8,11,19H,3,9-10H2,1-2H3,(H,18,20). The zero-order chi connectivity index (χ0) is 15.3. The third-order valence-corrected chi connectivity index (χ3v) is 4.65. The third-order valence-electron chi connectivity index (χ3n) is 3.61. The van der Waals surface area contributed by atoms with Gasteiger partial charge in [-0.2, -0.15) is 0 Å². The van der Waals surface area contributed by atoms with Crippen molar-refractivity contribution >= 4 is 17.2 Å². The number of carbonyl (C=O) groups is 1. The lowest BCUT2D eigenvalue weighted by atomic mass is 9.95. The number of carbonyl (C=O) groups excluding carboxylic acids is 1. The van der Waals surface area contributed by atoms with Crippen LogP contribution in [-0.2, 0) is 0 Å². The van der Waals surface area contributed by atoms with Crippen molar-refractivity contribution in [3.05, 3.63) is 41.4 Å². The van der Waals surface area contributed by atoms with Gasteiger partial charge in [0.2, 0.25) is 0 Å². The molecular weight excluding hydrogens is 284 g/mol. The molecule has 0 fully saturated rings. The van der Waals surface area contributed by atoms with Crippen molar-refractivity contribution in [3.63, 3.8) is 0 Å². The van der Waals surface area contributed by atoms with Crippen LogP contribution in [0, 0.1) is 0 Å². The van der Waals surface area contributed by atoms with Crippen LogP contribution < -0.4 is 5.32 Å². The largest absolute Gasteiger partial charge is 0.396 e. The van der Waals surface area contributed by atoms with Crippen LogP contribution in [0.3, 0.4) is 0 Å². The summed E-state index contributed by atoms with van der Waals surface area (Å²) in [5.41, 5.74) is 0.623. The van der Waals surface area contributed by atoms with E-state index >= 15 is 0 Å². The highest BCUT2D eigenvalue weighted by Crippen LogP contribution is 2.25. The van der Waals surface area contributed by atoms with Gasteiger partial charge in [-0.15, -0.1) is 11.3 Å². The highest BCUT2D eigenvalue weighted by molar-refractivity contribution is 7.16. The van der Waals surface area contributed by atoms with E-state index in [0.717, 1.165) is 17.0 Å². The van der Waals surface area contributed by atoms with Gasteiger partial charge in [-0.25, -0.2) is 4.98 Å². The van der Waals surface area contributed by atoms with Crippen LogP contribution in [0.25, 0.3) is 10.6 Å². The number of aliphatic hydroxyl groups excluding tert-OH is 1. The van der Waals surface area contributed by atoms with Crippen LogP contribution >= 0.6 is 11.3 Å². The monoisotopic (exact) mass is 304 g/mol. The van der Waals surface area contributed by atoms with Crippen molar-refractivity contribution in [1.82, 2.24) is 10.3 Å². The number of hydrogen-bond donors (Lipinski definition) is 2. The summed E-state index contributed by atoms with van der Waals surface area (Å²) in [6, 6.07) is 9.80. The summed E-state index contributed by atoms with van der Waals surface area (Å²) in [7, 11) is 0. The average Bonchev–Trinajstić information content (AvgIpc) is 2.98. The topological polar surface area (TPSA) is 62.2 Å². The minimum atomic E-state index is -0.386. The first kappa shape index (κ1) is 15.7. The Morgan fingerprint density at radius 1 is 1.38 bits per heavy atom. The molecule has 1 unspecified atom stereocenters. The molecule has 1 atom stereocenters. The van der Waals surface area contributed by atoms with Crippen LogP contribution in [0.15, 0.2) is 36.5 Å². The fraction of sp³-hybridized carbons (Fsp3) is 0.375. The SMILES string of the molecule is CCC(C)(CCO)NC(=O)c1cnc(-c2ccccc2)s1. The predicted octanol–water partition coefficient (Wildman–Crippen LogP) is 3.09. The summed E-state index contributed by atoms with van der Waals surface area (Å²) in [5, 5.41) is 12.9. The van der Waals surface area contributed by atoms with E-state index in [0.29, 0.717) is 11.3 Å². The third kappa shape index (κ3) is 3.89. The molecule has 1 aromatic carbocycles. The van der Waals surface area contributed by atoms with E-state index < -0.39 is 0 Å². The molecule has 5 heteroatoms. The molecular formula is C16H20N2O2S. The summed E-state index contributed by atoms with van der Waals surface area (Å²) >= 11 is 1.38. The lowest BCUT2D eigenvalue weighted by molar-refractivity contribution is 0.0890. The zero-order valence-electron chi connectivity index (χ0n) is 12.3. The molecule has 112 valence electrons. The summed E-state index contributed by atoms with van der Waals surface area (Å²) in [6.07, 6.45) is 2.92. The molecule has 2 rings (SSSR count). The van der Waals surface area contributed by atoms with Crippen LogP contribution in [0.1, 0.15) is 36.4 Å². The van der Waals surface area contributed by atoms with E-state index in [1.807, 2.05) is 44.2 Å². The van der Waals surface area contributed by atoms with Crippen molar-refractivity contribution in [2.24, 2.45) is 0 Å². The molecule has 0 radical (unpaired) electrons. The Kier molecular flexibility index (Phi) is 5.09. The van der Waals surface area contributed by atoms with Crippen molar-refractivity contribution in [1.29, 1.82) is 0 Å². The van der Waals surface area contributed by atoms with Crippen molar-refractivity contribution in [2.45, 2.75) is 32.2 Å². The molecule has 0 saturated heterocycles. The fourth-order valence-electron chi connectivity index (χ4n) is 2.00. The minimum Gasteiger partial charge on any atom is -0.396 e. The van der Waals surface area contributed by atoms with Gasteiger partial charge in [-0.3, -0.25) is 4.79 Å². The molecule has 21 heavy (non-hydrogen) atoms. The van der Waals surface area contributed by atoms with Gasteiger partial charge in [0.25, 0.3) is 5.91 Å². The Morgan fingerprint density at radius 2 is 2.10 bits per heavy atom. The van der Waals surface area contributed by atoms with Gasteiger partial charge in [-0.1, -0.05) is 37.3 Å². The smallest absolute Gasteiger partial charge is 0.263 e. The predicted molar refractivity (Wildman–Crippen MR) is 85.4 cm³/mol. The zero-order valence-corrected chi connectivity index (χ0v) is 13.1. The highest BCUT2D eigenvalue weighted by Gasteiger charge is 2.25. The molecule has 0 aliphatic carbocycles. The Hall–Kier alpha value is -1.72. The van der Waals surface area contributed by atoms with Gasteiger partial charge in [0.15, 0.2) is 0 Å². The van der Waals surface area contributed by atoms with Crippen molar-refractivity contribution < 1.29 is 9.90 Å².